The summed E-state index contributed by atoms with van der Waals surface area (Å²) in [5, 5.41) is 6.74. The first-order chi connectivity index (χ1) is 12.5. The van der Waals surface area contributed by atoms with Gasteiger partial charge in [-0.25, -0.2) is 4.98 Å². The van der Waals surface area contributed by atoms with Crippen LogP contribution in [-0.4, -0.2) is 58.5 Å². The zero-order chi connectivity index (χ0) is 18.9. The number of nitrogens with one attached hydrogen (secondary N) is 2. The Kier molecular flexibility index (Phi) is 7.91. The third-order valence-electron chi connectivity index (χ3n) is 4.39. The van der Waals surface area contributed by atoms with Gasteiger partial charge in [-0.05, 0) is 46.8 Å². The molecule has 0 amide bonds. The largest absolute Gasteiger partial charge is 0.357 e. The van der Waals surface area contributed by atoms with Crippen LogP contribution in [-0.2, 0) is 6.42 Å². The highest BCUT2D eigenvalue weighted by atomic mass is 15.2. The van der Waals surface area contributed by atoms with Crippen molar-refractivity contribution in [1.29, 1.82) is 0 Å². The Morgan fingerprint density at radius 3 is 2.62 bits per heavy atom. The molecule has 0 bridgehead atoms. The standard InChI is InChI=1S/C20H34N6/c1-6-21-20(23-12-14-26(16(2)3)17(4)5)22-11-10-18-15-25-13-8-7-9-19(25)24-18/h7-9,13,15-17H,6,10-12,14H2,1-5H3,(H2,21,22,23). The number of rotatable bonds is 9. The van der Waals surface area contributed by atoms with E-state index < -0.39 is 0 Å². The van der Waals surface area contributed by atoms with Gasteiger partial charge in [0.15, 0.2) is 5.96 Å². The molecule has 0 aliphatic heterocycles. The maximum absolute atomic E-state index is 4.72. The minimum atomic E-state index is 0.538. The van der Waals surface area contributed by atoms with Crippen molar-refractivity contribution in [3.05, 3.63) is 36.3 Å². The molecule has 6 heteroatoms. The first-order valence-corrected chi connectivity index (χ1v) is 9.71. The van der Waals surface area contributed by atoms with E-state index in [9.17, 15) is 0 Å². The smallest absolute Gasteiger partial charge is 0.191 e. The summed E-state index contributed by atoms with van der Waals surface area (Å²) in [5.74, 6) is 0.878. The van der Waals surface area contributed by atoms with Crippen molar-refractivity contribution in [1.82, 2.24) is 24.9 Å². The molecule has 0 aromatic carbocycles. The lowest BCUT2D eigenvalue weighted by atomic mass is 10.2. The normalized spacial score (nSPS) is 12.5. The van der Waals surface area contributed by atoms with Crippen LogP contribution in [0.3, 0.4) is 0 Å². The molecular weight excluding hydrogens is 324 g/mol. The van der Waals surface area contributed by atoms with E-state index >= 15 is 0 Å². The summed E-state index contributed by atoms with van der Waals surface area (Å²) in [5.41, 5.74) is 2.08. The predicted molar refractivity (Wildman–Crippen MR) is 110 cm³/mol. The van der Waals surface area contributed by atoms with Crippen molar-refractivity contribution in [3.63, 3.8) is 0 Å². The van der Waals surface area contributed by atoms with Gasteiger partial charge in [0, 0.05) is 50.5 Å². The van der Waals surface area contributed by atoms with Crippen LogP contribution in [0.1, 0.15) is 40.3 Å². The van der Waals surface area contributed by atoms with Crippen LogP contribution in [0.4, 0.5) is 0 Å². The lowest BCUT2D eigenvalue weighted by Crippen LogP contribution is -2.41. The number of aliphatic imine (C=N–C) groups is 1. The molecular formula is C20H34N6. The molecule has 2 rings (SSSR count). The Labute approximate surface area is 157 Å². The van der Waals surface area contributed by atoms with Gasteiger partial charge in [-0.1, -0.05) is 6.07 Å². The third-order valence-corrected chi connectivity index (χ3v) is 4.39. The van der Waals surface area contributed by atoms with E-state index in [4.69, 9.17) is 4.99 Å². The summed E-state index contributed by atoms with van der Waals surface area (Å²) >= 11 is 0. The number of hydrogen-bond acceptors (Lipinski definition) is 3. The minimum Gasteiger partial charge on any atom is -0.357 e. The second-order valence-corrected chi connectivity index (χ2v) is 7.06. The molecule has 2 N–H and O–H groups in total. The number of nitrogens with zero attached hydrogens (tertiary/aromatic N) is 4. The first kappa shape index (κ1) is 20.2. The van der Waals surface area contributed by atoms with Gasteiger partial charge in [-0.2, -0.15) is 0 Å². The zero-order valence-electron chi connectivity index (χ0n) is 16.9. The second kappa shape index (κ2) is 10.2. The number of aromatic nitrogens is 2. The predicted octanol–water partition coefficient (Wildman–Crippen LogP) is 2.55. The van der Waals surface area contributed by atoms with Crippen molar-refractivity contribution in [2.75, 3.05) is 26.2 Å². The minimum absolute atomic E-state index is 0.538. The summed E-state index contributed by atoms with van der Waals surface area (Å²) in [6, 6.07) is 7.13. The average molecular weight is 359 g/mol. The highest BCUT2D eigenvalue weighted by Gasteiger charge is 2.12. The fraction of sp³-hybridized carbons (Fsp3) is 0.600. The van der Waals surface area contributed by atoms with E-state index in [0.29, 0.717) is 12.1 Å². The van der Waals surface area contributed by atoms with Gasteiger partial charge in [-0.15, -0.1) is 0 Å². The molecule has 0 unspecified atom stereocenters. The average Bonchev–Trinajstić information content (AvgIpc) is 3.00. The summed E-state index contributed by atoms with van der Waals surface area (Å²) in [6.45, 7) is 14.5. The van der Waals surface area contributed by atoms with Crippen LogP contribution in [0.25, 0.3) is 5.65 Å². The highest BCUT2D eigenvalue weighted by Crippen LogP contribution is 2.05. The van der Waals surface area contributed by atoms with Gasteiger partial charge in [0.25, 0.3) is 0 Å². The topological polar surface area (TPSA) is 57.0 Å². The molecule has 2 aromatic heterocycles. The lowest BCUT2D eigenvalue weighted by molar-refractivity contribution is 0.181. The SMILES string of the molecule is CCNC(=NCCN(C(C)C)C(C)C)NCCc1cn2ccccc2n1. The Balaban J connectivity index is 1.84. The van der Waals surface area contributed by atoms with Crippen molar-refractivity contribution in [2.45, 2.75) is 53.1 Å². The Hall–Kier alpha value is -2.08. The fourth-order valence-corrected chi connectivity index (χ4v) is 3.15. The quantitative estimate of drug-likeness (QED) is 0.534. The van der Waals surface area contributed by atoms with Crippen LogP contribution in [0.15, 0.2) is 35.6 Å². The van der Waals surface area contributed by atoms with E-state index in [-0.39, 0.29) is 0 Å². The molecule has 26 heavy (non-hydrogen) atoms. The van der Waals surface area contributed by atoms with Gasteiger partial charge < -0.3 is 15.0 Å². The molecule has 2 aromatic rings. The number of pyridine rings is 1. The molecule has 144 valence electrons. The van der Waals surface area contributed by atoms with Crippen LogP contribution in [0.2, 0.25) is 0 Å². The molecule has 0 spiro atoms. The van der Waals surface area contributed by atoms with Crippen molar-refractivity contribution in [2.24, 2.45) is 4.99 Å². The monoisotopic (exact) mass is 358 g/mol. The maximum atomic E-state index is 4.72. The highest BCUT2D eigenvalue weighted by molar-refractivity contribution is 5.79. The summed E-state index contributed by atoms with van der Waals surface area (Å²) < 4.78 is 2.06. The first-order valence-electron chi connectivity index (χ1n) is 9.71. The Morgan fingerprint density at radius 1 is 1.19 bits per heavy atom. The van der Waals surface area contributed by atoms with E-state index in [1.807, 2.05) is 24.4 Å². The molecule has 0 aliphatic carbocycles. The van der Waals surface area contributed by atoms with Crippen LogP contribution in [0, 0.1) is 0 Å². The van der Waals surface area contributed by atoms with Crippen molar-refractivity contribution >= 4 is 11.6 Å². The molecule has 0 aliphatic rings. The van der Waals surface area contributed by atoms with E-state index in [2.05, 4.69) is 65.7 Å². The Morgan fingerprint density at radius 2 is 1.96 bits per heavy atom. The van der Waals surface area contributed by atoms with Gasteiger partial charge in [-0.3, -0.25) is 9.89 Å². The van der Waals surface area contributed by atoms with E-state index in [1.165, 1.54) is 0 Å². The van der Waals surface area contributed by atoms with E-state index in [0.717, 1.165) is 49.9 Å². The second-order valence-electron chi connectivity index (χ2n) is 7.06. The lowest BCUT2D eigenvalue weighted by Gasteiger charge is -2.29. The molecule has 2 heterocycles. The maximum Gasteiger partial charge on any atom is 0.191 e. The molecule has 0 saturated heterocycles. The summed E-state index contributed by atoms with van der Waals surface area (Å²) in [6.07, 6.45) is 4.99. The number of imidazole rings is 1. The molecule has 0 fully saturated rings. The zero-order valence-corrected chi connectivity index (χ0v) is 16.9. The molecule has 0 atom stereocenters. The molecule has 0 radical (unpaired) electrons. The van der Waals surface area contributed by atoms with Crippen LogP contribution >= 0.6 is 0 Å². The molecule has 6 nitrogen and oxygen atoms in total. The number of guanidine groups is 1. The van der Waals surface area contributed by atoms with Crippen LogP contribution < -0.4 is 10.6 Å². The van der Waals surface area contributed by atoms with E-state index in [1.54, 1.807) is 0 Å². The molecule has 0 saturated carbocycles. The van der Waals surface area contributed by atoms with Gasteiger partial charge in [0.05, 0.1) is 12.2 Å². The Bertz CT molecular complexity index is 647. The summed E-state index contributed by atoms with van der Waals surface area (Å²) in [7, 11) is 0. The van der Waals surface area contributed by atoms with Crippen LogP contribution in [0.5, 0.6) is 0 Å². The van der Waals surface area contributed by atoms with Gasteiger partial charge in [0.1, 0.15) is 5.65 Å². The van der Waals surface area contributed by atoms with Crippen molar-refractivity contribution in [3.8, 4) is 0 Å². The fourth-order valence-electron chi connectivity index (χ4n) is 3.15. The van der Waals surface area contributed by atoms with Crippen molar-refractivity contribution < 1.29 is 0 Å². The van der Waals surface area contributed by atoms with Gasteiger partial charge >= 0.3 is 0 Å². The van der Waals surface area contributed by atoms with Gasteiger partial charge in [0.2, 0.25) is 0 Å². The number of fused-ring (bicyclic) bond motifs is 1. The number of hydrogen-bond donors (Lipinski definition) is 2. The third kappa shape index (κ3) is 6.02. The summed E-state index contributed by atoms with van der Waals surface area (Å²) in [4.78, 5) is 11.8.